The minimum absolute atomic E-state index is 0.0642. The zero-order chi connectivity index (χ0) is 18.6. The van der Waals surface area contributed by atoms with Crippen LogP contribution in [0.3, 0.4) is 0 Å². The number of nitrogens with zero attached hydrogens (tertiary/aromatic N) is 1. The molecule has 6 nitrogen and oxygen atoms in total. The van der Waals surface area contributed by atoms with Crippen molar-refractivity contribution in [2.45, 2.75) is 39.7 Å². The quantitative estimate of drug-likeness (QED) is 0.817. The number of aryl methyl sites for hydroxylation is 1. The fourth-order valence-electron chi connectivity index (χ4n) is 2.73. The third-order valence-corrected chi connectivity index (χ3v) is 4.21. The Labute approximate surface area is 146 Å². The van der Waals surface area contributed by atoms with E-state index in [-0.39, 0.29) is 17.9 Å². The van der Waals surface area contributed by atoms with Gasteiger partial charge >= 0.3 is 11.8 Å². The molecule has 0 aliphatic carbocycles. The zero-order valence-corrected chi connectivity index (χ0v) is 14.8. The summed E-state index contributed by atoms with van der Waals surface area (Å²) >= 11 is 0. The van der Waals surface area contributed by atoms with Crippen LogP contribution in [0, 0.1) is 18.7 Å². The minimum Gasteiger partial charge on any atom is -0.351 e. The van der Waals surface area contributed by atoms with Crippen LogP contribution >= 0.6 is 0 Å². The summed E-state index contributed by atoms with van der Waals surface area (Å²) in [6.45, 7) is 6.05. The Balaban J connectivity index is 1.96. The molecule has 0 aromatic heterocycles. The highest BCUT2D eigenvalue weighted by Crippen LogP contribution is 2.17. The lowest BCUT2D eigenvalue weighted by atomic mass is 10.0. The summed E-state index contributed by atoms with van der Waals surface area (Å²) in [5.41, 5.74) is 0.947. The van der Waals surface area contributed by atoms with Crippen LogP contribution in [0.4, 0.5) is 10.1 Å². The first-order valence-corrected chi connectivity index (χ1v) is 8.44. The van der Waals surface area contributed by atoms with E-state index >= 15 is 0 Å². The van der Waals surface area contributed by atoms with Gasteiger partial charge in [0.05, 0.1) is 0 Å². The van der Waals surface area contributed by atoms with Gasteiger partial charge in [0.2, 0.25) is 5.91 Å². The van der Waals surface area contributed by atoms with Crippen molar-refractivity contribution in [1.82, 2.24) is 10.2 Å². The largest absolute Gasteiger partial charge is 0.351 e. The number of carbonyl (C=O) groups is 3. The number of halogens is 1. The highest BCUT2D eigenvalue weighted by Gasteiger charge is 2.29. The number of anilines is 1. The molecule has 1 atom stereocenters. The van der Waals surface area contributed by atoms with Crippen LogP contribution in [0.1, 0.15) is 32.3 Å². The number of carbonyl (C=O) groups excluding carboxylic acids is 3. The van der Waals surface area contributed by atoms with Crippen molar-refractivity contribution in [2.75, 3.05) is 18.4 Å². The predicted octanol–water partition coefficient (Wildman–Crippen LogP) is 1.84. The van der Waals surface area contributed by atoms with Gasteiger partial charge in [0, 0.05) is 30.7 Å². The second kappa shape index (κ2) is 8.09. The van der Waals surface area contributed by atoms with Crippen LogP contribution in [0.25, 0.3) is 0 Å². The molecule has 25 heavy (non-hydrogen) atoms. The molecule has 1 aromatic carbocycles. The van der Waals surface area contributed by atoms with Gasteiger partial charge in [0.25, 0.3) is 0 Å². The normalized spacial score (nSPS) is 17.3. The van der Waals surface area contributed by atoms with Crippen molar-refractivity contribution < 1.29 is 18.8 Å². The maximum absolute atomic E-state index is 13.1. The Kier molecular flexibility index (Phi) is 6.12. The summed E-state index contributed by atoms with van der Waals surface area (Å²) < 4.78 is 13.1. The smallest absolute Gasteiger partial charge is 0.313 e. The van der Waals surface area contributed by atoms with Gasteiger partial charge in [-0.25, -0.2) is 4.39 Å². The molecule has 1 saturated heterocycles. The number of hydrogen-bond acceptors (Lipinski definition) is 3. The van der Waals surface area contributed by atoms with Gasteiger partial charge in [-0.2, -0.15) is 0 Å². The van der Waals surface area contributed by atoms with Crippen molar-refractivity contribution >= 4 is 23.4 Å². The van der Waals surface area contributed by atoms with E-state index in [2.05, 4.69) is 10.6 Å². The van der Waals surface area contributed by atoms with Gasteiger partial charge in [-0.1, -0.05) is 13.8 Å². The fourth-order valence-corrected chi connectivity index (χ4v) is 2.73. The van der Waals surface area contributed by atoms with Crippen molar-refractivity contribution in [3.8, 4) is 0 Å². The topological polar surface area (TPSA) is 78.5 Å². The summed E-state index contributed by atoms with van der Waals surface area (Å²) in [6, 6.07) is 3.80. The first kappa shape index (κ1) is 18.9. The van der Waals surface area contributed by atoms with E-state index in [0.717, 1.165) is 12.8 Å². The zero-order valence-electron chi connectivity index (χ0n) is 14.8. The molecule has 0 spiro atoms. The number of hydrogen-bond donors (Lipinski definition) is 2. The molecule has 1 fully saturated rings. The Hall–Kier alpha value is -2.44. The lowest BCUT2D eigenvalue weighted by Gasteiger charge is -2.33. The molecule has 3 amide bonds. The van der Waals surface area contributed by atoms with Gasteiger partial charge in [-0.3, -0.25) is 14.4 Å². The Morgan fingerprint density at radius 3 is 2.64 bits per heavy atom. The number of amides is 3. The van der Waals surface area contributed by atoms with Crippen LogP contribution in [0.2, 0.25) is 0 Å². The van der Waals surface area contributed by atoms with E-state index in [4.69, 9.17) is 0 Å². The first-order valence-electron chi connectivity index (χ1n) is 8.44. The minimum atomic E-state index is -0.759. The summed E-state index contributed by atoms with van der Waals surface area (Å²) in [6.07, 6.45) is 1.50. The standard InChI is InChI=1S/C18H24FN3O3/c1-11(2)16(23)20-14-5-4-8-22(10-14)18(25)17(24)21-15-7-6-13(19)9-12(15)3/h6-7,9,11,14H,4-5,8,10H2,1-3H3,(H,20,23)(H,21,24)/t14-/m1/s1. The second-order valence-electron chi connectivity index (χ2n) is 6.67. The van der Waals surface area contributed by atoms with Crippen molar-refractivity contribution in [3.63, 3.8) is 0 Å². The highest BCUT2D eigenvalue weighted by atomic mass is 19.1. The molecule has 0 radical (unpaired) electrons. The van der Waals surface area contributed by atoms with Gasteiger partial charge in [0.15, 0.2) is 0 Å². The molecule has 2 N–H and O–H groups in total. The van der Waals surface area contributed by atoms with Crippen molar-refractivity contribution in [3.05, 3.63) is 29.6 Å². The average molecular weight is 349 g/mol. The van der Waals surface area contributed by atoms with Gasteiger partial charge in [0.1, 0.15) is 5.82 Å². The number of nitrogens with one attached hydrogen (secondary N) is 2. The molecule has 1 heterocycles. The van der Waals surface area contributed by atoms with E-state index in [9.17, 15) is 18.8 Å². The van der Waals surface area contributed by atoms with Gasteiger partial charge < -0.3 is 15.5 Å². The van der Waals surface area contributed by atoms with E-state index < -0.39 is 17.6 Å². The number of benzene rings is 1. The highest BCUT2D eigenvalue weighted by molar-refractivity contribution is 6.39. The van der Waals surface area contributed by atoms with Crippen molar-refractivity contribution in [1.29, 1.82) is 0 Å². The molecule has 7 heteroatoms. The Bertz CT molecular complexity index is 676. The lowest BCUT2D eigenvalue weighted by Crippen LogP contribution is -2.52. The van der Waals surface area contributed by atoms with E-state index in [1.807, 2.05) is 0 Å². The second-order valence-corrected chi connectivity index (χ2v) is 6.67. The SMILES string of the molecule is Cc1cc(F)ccc1NC(=O)C(=O)N1CCC[C@@H](NC(=O)C(C)C)C1. The number of piperidine rings is 1. The van der Waals surface area contributed by atoms with E-state index in [0.29, 0.717) is 24.3 Å². The lowest BCUT2D eigenvalue weighted by molar-refractivity contribution is -0.144. The maximum Gasteiger partial charge on any atom is 0.313 e. The summed E-state index contributed by atoms with van der Waals surface area (Å²) in [7, 11) is 0. The molecule has 2 rings (SSSR count). The third-order valence-electron chi connectivity index (χ3n) is 4.21. The van der Waals surface area contributed by atoms with E-state index in [1.165, 1.54) is 23.1 Å². The van der Waals surface area contributed by atoms with Gasteiger partial charge in [-0.15, -0.1) is 0 Å². The van der Waals surface area contributed by atoms with Crippen LogP contribution in [-0.4, -0.2) is 41.8 Å². The molecule has 1 aliphatic rings. The molecule has 1 aliphatic heterocycles. The maximum atomic E-state index is 13.1. The number of rotatable bonds is 3. The summed E-state index contributed by atoms with van der Waals surface area (Å²) in [5.74, 6) is -2.00. The van der Waals surface area contributed by atoms with Crippen molar-refractivity contribution in [2.24, 2.45) is 5.92 Å². The molecule has 1 aromatic rings. The van der Waals surface area contributed by atoms with Crippen LogP contribution in [0.5, 0.6) is 0 Å². The predicted molar refractivity (Wildman–Crippen MR) is 92.3 cm³/mol. The van der Waals surface area contributed by atoms with E-state index in [1.54, 1.807) is 20.8 Å². The molecule has 0 unspecified atom stereocenters. The third kappa shape index (κ3) is 5.01. The molecule has 0 saturated carbocycles. The molecular formula is C18H24FN3O3. The van der Waals surface area contributed by atoms with Crippen LogP contribution in [-0.2, 0) is 14.4 Å². The monoisotopic (exact) mass is 349 g/mol. The van der Waals surface area contributed by atoms with Crippen LogP contribution < -0.4 is 10.6 Å². The molecule has 136 valence electrons. The van der Waals surface area contributed by atoms with Crippen LogP contribution in [0.15, 0.2) is 18.2 Å². The number of likely N-dealkylation sites (tertiary alicyclic amines) is 1. The Morgan fingerprint density at radius 2 is 2.00 bits per heavy atom. The molecular weight excluding hydrogens is 325 g/mol. The summed E-state index contributed by atoms with van der Waals surface area (Å²) in [5, 5.41) is 5.43. The average Bonchev–Trinajstić information content (AvgIpc) is 2.56. The molecule has 0 bridgehead atoms. The first-order chi connectivity index (χ1) is 11.8. The van der Waals surface area contributed by atoms with Gasteiger partial charge in [-0.05, 0) is 43.5 Å². The Morgan fingerprint density at radius 1 is 1.28 bits per heavy atom. The fraction of sp³-hybridized carbons (Fsp3) is 0.500. The summed E-state index contributed by atoms with van der Waals surface area (Å²) in [4.78, 5) is 37.8.